The molecule has 210 valence electrons. The van der Waals surface area contributed by atoms with Crippen LogP contribution in [0.15, 0.2) is 66.7 Å². The lowest BCUT2D eigenvalue weighted by molar-refractivity contribution is -0.218. The number of fused-ring (bicyclic) bond motifs is 1. The second-order valence-corrected chi connectivity index (χ2v) is 10.7. The number of methoxy groups -OCH3 is 1. The van der Waals surface area contributed by atoms with E-state index in [0.717, 1.165) is 27.6 Å². The molecule has 0 spiro atoms. The van der Waals surface area contributed by atoms with Crippen LogP contribution in [0.25, 0.3) is 10.8 Å². The first kappa shape index (κ1) is 28.8. The molecule has 3 unspecified atom stereocenters. The van der Waals surface area contributed by atoms with Gasteiger partial charge in [-0.05, 0) is 61.7 Å². The number of benzene rings is 3. The van der Waals surface area contributed by atoms with E-state index in [1.807, 2.05) is 42.5 Å². The van der Waals surface area contributed by atoms with Crippen molar-refractivity contribution in [3.8, 4) is 5.75 Å². The van der Waals surface area contributed by atoms with E-state index in [-0.39, 0.29) is 18.6 Å². The maximum absolute atomic E-state index is 12.4. The van der Waals surface area contributed by atoms with E-state index in [1.54, 1.807) is 32.9 Å². The smallest absolute Gasteiger partial charge is 0.494 e. The third-order valence-electron chi connectivity index (χ3n) is 6.55. The van der Waals surface area contributed by atoms with Gasteiger partial charge in [0.15, 0.2) is 6.29 Å². The molecule has 1 heterocycles. The molecule has 4 rings (SSSR count). The quantitative estimate of drug-likeness (QED) is 0.192. The molecular formula is C31H39NO7. The number of carbonyl (C=O) groups is 1. The van der Waals surface area contributed by atoms with Gasteiger partial charge in [0, 0.05) is 38.2 Å². The molecule has 1 aliphatic heterocycles. The minimum absolute atomic E-state index is 0.0353. The number of piperidine rings is 1. The predicted molar refractivity (Wildman–Crippen MR) is 148 cm³/mol. The Hall–Kier alpha value is -3.17. The molecule has 0 radical (unpaired) electrons. The summed E-state index contributed by atoms with van der Waals surface area (Å²) in [5.74, 6) is 0.786. The maximum atomic E-state index is 12.4. The van der Waals surface area contributed by atoms with Gasteiger partial charge in [0.05, 0.1) is 19.3 Å². The van der Waals surface area contributed by atoms with Crippen LogP contribution in [0.1, 0.15) is 56.9 Å². The molecule has 3 aromatic carbocycles. The Bertz CT molecular complexity index is 1210. The Balaban J connectivity index is 1.53. The van der Waals surface area contributed by atoms with Crippen LogP contribution in [-0.4, -0.2) is 61.4 Å². The van der Waals surface area contributed by atoms with Crippen molar-refractivity contribution in [2.24, 2.45) is 0 Å². The average molecular weight is 538 g/mol. The number of ether oxygens (including phenoxy) is 4. The average Bonchev–Trinajstić information content (AvgIpc) is 2.91. The van der Waals surface area contributed by atoms with Crippen LogP contribution in [0.3, 0.4) is 0 Å². The van der Waals surface area contributed by atoms with Gasteiger partial charge in [0.2, 0.25) is 0 Å². The van der Waals surface area contributed by atoms with E-state index in [4.69, 9.17) is 28.9 Å². The topological polar surface area (TPSA) is 86.7 Å². The van der Waals surface area contributed by atoms with Gasteiger partial charge in [-0.1, -0.05) is 48.5 Å². The zero-order chi connectivity index (χ0) is 27.8. The number of hydrogen-bond acceptors (Lipinski definition) is 8. The Morgan fingerprint density at radius 1 is 1.05 bits per heavy atom. The van der Waals surface area contributed by atoms with Gasteiger partial charge < -0.3 is 28.9 Å². The Morgan fingerprint density at radius 3 is 2.49 bits per heavy atom. The lowest BCUT2D eigenvalue weighted by atomic mass is 9.87. The molecule has 3 aromatic rings. The Labute approximate surface area is 230 Å². The Kier molecular flexibility index (Phi) is 9.80. The maximum Gasteiger partial charge on any atom is 0.528 e. The third kappa shape index (κ3) is 8.16. The summed E-state index contributed by atoms with van der Waals surface area (Å²) in [6.45, 7) is 6.85. The molecule has 0 aliphatic carbocycles. The fourth-order valence-corrected chi connectivity index (χ4v) is 4.71. The summed E-state index contributed by atoms with van der Waals surface area (Å²) in [5.41, 5.74) is 1.36. The van der Waals surface area contributed by atoms with Gasteiger partial charge in [-0.3, -0.25) is 0 Å². The van der Waals surface area contributed by atoms with E-state index < -0.39 is 18.0 Å². The van der Waals surface area contributed by atoms with Gasteiger partial charge in [0.1, 0.15) is 11.4 Å². The van der Waals surface area contributed by atoms with E-state index >= 15 is 0 Å². The predicted octanol–water partition coefficient (Wildman–Crippen LogP) is 5.99. The summed E-state index contributed by atoms with van der Waals surface area (Å²) in [7, 11) is 1.63. The fourth-order valence-electron chi connectivity index (χ4n) is 4.71. The van der Waals surface area contributed by atoms with Crippen molar-refractivity contribution in [2.45, 2.75) is 57.5 Å². The molecule has 0 bridgehead atoms. The number of carbonyl (C=O) groups excluding carboxylic acids is 1. The molecule has 8 nitrogen and oxygen atoms in total. The van der Waals surface area contributed by atoms with Crippen LogP contribution in [-0.2, 0) is 19.0 Å². The fraction of sp³-hybridized carbons (Fsp3) is 0.452. The van der Waals surface area contributed by atoms with Gasteiger partial charge >= 0.3 is 6.16 Å². The summed E-state index contributed by atoms with van der Waals surface area (Å²) in [6.07, 6.45) is -0.391. The van der Waals surface area contributed by atoms with Gasteiger partial charge in [-0.2, -0.15) is 0 Å². The van der Waals surface area contributed by atoms with E-state index in [1.165, 1.54) is 0 Å². The van der Waals surface area contributed by atoms with Gasteiger partial charge in [0.25, 0.3) is 0 Å². The van der Waals surface area contributed by atoms with Crippen LogP contribution in [0, 0.1) is 0 Å². The number of hydrogen-bond donors (Lipinski definition) is 1. The lowest BCUT2D eigenvalue weighted by Crippen LogP contribution is -2.46. The summed E-state index contributed by atoms with van der Waals surface area (Å²) in [6, 6.07) is 22.3. The monoisotopic (exact) mass is 537 g/mol. The number of rotatable bonds is 10. The van der Waals surface area contributed by atoms with E-state index in [2.05, 4.69) is 24.3 Å². The van der Waals surface area contributed by atoms with Crippen molar-refractivity contribution in [2.75, 3.05) is 33.4 Å². The minimum atomic E-state index is -0.734. The number of hydroxylamine groups is 2. The van der Waals surface area contributed by atoms with Crippen molar-refractivity contribution in [1.29, 1.82) is 0 Å². The first-order valence-corrected chi connectivity index (χ1v) is 13.4. The molecule has 0 amide bonds. The summed E-state index contributed by atoms with van der Waals surface area (Å²) >= 11 is 0. The van der Waals surface area contributed by atoms with Gasteiger partial charge in [-0.15, -0.1) is 5.06 Å². The molecule has 1 saturated heterocycles. The molecule has 39 heavy (non-hydrogen) atoms. The van der Waals surface area contributed by atoms with Crippen molar-refractivity contribution in [3.63, 3.8) is 0 Å². The summed E-state index contributed by atoms with van der Waals surface area (Å²) in [4.78, 5) is 17.9. The molecular weight excluding hydrogens is 498 g/mol. The van der Waals surface area contributed by atoms with Crippen molar-refractivity contribution in [3.05, 3.63) is 77.9 Å². The van der Waals surface area contributed by atoms with E-state index in [0.29, 0.717) is 32.5 Å². The Morgan fingerprint density at radius 2 is 1.79 bits per heavy atom. The minimum Gasteiger partial charge on any atom is -0.494 e. The highest BCUT2D eigenvalue weighted by molar-refractivity contribution is 5.83. The normalized spacial score (nSPS) is 19.0. The zero-order valence-electron chi connectivity index (χ0n) is 23.2. The van der Waals surface area contributed by atoms with Crippen LogP contribution >= 0.6 is 0 Å². The summed E-state index contributed by atoms with van der Waals surface area (Å²) in [5, 5.41) is 12.9. The molecule has 8 heteroatoms. The van der Waals surface area contributed by atoms with Gasteiger partial charge in [-0.25, -0.2) is 4.79 Å². The van der Waals surface area contributed by atoms with Crippen molar-refractivity contribution < 1.29 is 33.7 Å². The second-order valence-electron chi connectivity index (χ2n) is 10.7. The highest BCUT2D eigenvalue weighted by Crippen LogP contribution is 2.35. The first-order chi connectivity index (χ1) is 18.8. The van der Waals surface area contributed by atoms with E-state index in [9.17, 15) is 4.79 Å². The molecule has 1 N–H and O–H groups in total. The lowest BCUT2D eigenvalue weighted by Gasteiger charge is -2.38. The highest BCUT2D eigenvalue weighted by atomic mass is 16.8. The largest absolute Gasteiger partial charge is 0.528 e. The molecule has 0 saturated carbocycles. The van der Waals surface area contributed by atoms with Crippen molar-refractivity contribution >= 4 is 16.9 Å². The van der Waals surface area contributed by atoms with Crippen LogP contribution in [0.4, 0.5) is 4.79 Å². The zero-order valence-corrected chi connectivity index (χ0v) is 23.2. The SMILES string of the molecule is COC(OC1CN(OC(=O)OC(C)(C)C)CCC1c1ccc(OCCCO)cc1)c1ccc2ccccc2c1. The number of aliphatic hydroxyl groups is 1. The van der Waals surface area contributed by atoms with Crippen LogP contribution in [0.5, 0.6) is 5.75 Å². The van der Waals surface area contributed by atoms with Crippen molar-refractivity contribution in [1.82, 2.24) is 5.06 Å². The number of nitrogens with zero attached hydrogens (tertiary/aromatic N) is 1. The molecule has 3 atom stereocenters. The second kappa shape index (κ2) is 13.3. The number of aliphatic hydroxyl groups excluding tert-OH is 1. The molecule has 1 aliphatic rings. The summed E-state index contributed by atoms with van der Waals surface area (Å²) < 4.78 is 23.5. The van der Waals surface area contributed by atoms with Crippen LogP contribution < -0.4 is 4.74 Å². The first-order valence-electron chi connectivity index (χ1n) is 13.4. The molecule has 1 fully saturated rings. The third-order valence-corrected chi connectivity index (χ3v) is 6.55. The van der Waals surface area contributed by atoms with Crippen LogP contribution in [0.2, 0.25) is 0 Å². The highest BCUT2D eigenvalue weighted by Gasteiger charge is 2.36. The standard InChI is InChI=1S/C31H39NO7/c1-31(2,3)38-30(34)39-32-17-16-27(23-12-14-26(15-13-23)36-19-7-18-33)28(21-32)37-29(35-4)25-11-10-22-8-5-6-9-24(22)20-25/h5-6,8-15,20,27-29,33H,7,16-19,21H2,1-4H3. The molecule has 0 aromatic heterocycles.